The van der Waals surface area contributed by atoms with Crippen LogP contribution >= 0.6 is 0 Å². The summed E-state index contributed by atoms with van der Waals surface area (Å²) in [6, 6.07) is 22.7. The van der Waals surface area contributed by atoms with E-state index in [9.17, 15) is 9.59 Å². The Morgan fingerprint density at radius 3 is 2.06 bits per heavy atom. The van der Waals surface area contributed by atoms with Gasteiger partial charge in [-0.3, -0.25) is 9.59 Å². The highest BCUT2D eigenvalue weighted by molar-refractivity contribution is 5.94. The summed E-state index contributed by atoms with van der Waals surface area (Å²) in [5.74, 6) is 1.24. The summed E-state index contributed by atoms with van der Waals surface area (Å²) in [7, 11) is 1.61. The highest BCUT2D eigenvalue weighted by Gasteiger charge is 2.22. The van der Waals surface area contributed by atoms with Crippen molar-refractivity contribution >= 4 is 23.2 Å². The van der Waals surface area contributed by atoms with Gasteiger partial charge in [0.2, 0.25) is 0 Å². The first kappa shape index (κ1) is 24.1. The second kappa shape index (κ2) is 11.4. The molecule has 3 aromatic carbocycles. The highest BCUT2D eigenvalue weighted by atomic mass is 16.5. The van der Waals surface area contributed by atoms with Crippen LogP contribution in [0, 0.1) is 0 Å². The van der Waals surface area contributed by atoms with Crippen LogP contribution in [0.15, 0.2) is 72.8 Å². The maximum Gasteiger partial charge on any atom is 0.262 e. The molecule has 1 aliphatic heterocycles. The molecule has 2 amide bonds. The van der Waals surface area contributed by atoms with Crippen LogP contribution in [0.5, 0.6) is 11.5 Å². The maximum absolute atomic E-state index is 12.8. The number of carbonyl (C=O) groups excluding carboxylic acids is 2. The van der Waals surface area contributed by atoms with Gasteiger partial charge >= 0.3 is 0 Å². The molecule has 0 aromatic heterocycles. The molecule has 1 fully saturated rings. The lowest BCUT2D eigenvalue weighted by Crippen LogP contribution is -2.48. The standard InChI is InChI=1S/C28H31N3O4/c1-3-21-4-12-26(13-5-21)35-20-27(32)29-23-8-10-24(11-9-23)30-16-18-31(19-17-30)28(33)22-6-14-25(34-2)15-7-22/h4-15H,3,16-20H2,1-2H3,(H,29,32). The molecule has 0 bridgehead atoms. The molecule has 3 aromatic rings. The van der Waals surface area contributed by atoms with Crippen LogP contribution in [0.3, 0.4) is 0 Å². The first-order valence-corrected chi connectivity index (χ1v) is 11.9. The zero-order valence-electron chi connectivity index (χ0n) is 20.2. The van der Waals surface area contributed by atoms with Gasteiger partial charge in [-0.25, -0.2) is 0 Å². The third kappa shape index (κ3) is 6.32. The van der Waals surface area contributed by atoms with Crippen LogP contribution < -0.4 is 19.7 Å². The lowest BCUT2D eigenvalue weighted by atomic mass is 10.1. The van der Waals surface area contributed by atoms with Crippen molar-refractivity contribution in [2.45, 2.75) is 13.3 Å². The van der Waals surface area contributed by atoms with Gasteiger partial charge in [-0.2, -0.15) is 0 Å². The number of benzene rings is 3. The van der Waals surface area contributed by atoms with Gasteiger partial charge in [-0.1, -0.05) is 19.1 Å². The molecule has 1 saturated heterocycles. The van der Waals surface area contributed by atoms with Crippen molar-refractivity contribution in [1.29, 1.82) is 0 Å². The highest BCUT2D eigenvalue weighted by Crippen LogP contribution is 2.21. The summed E-state index contributed by atoms with van der Waals surface area (Å²) >= 11 is 0. The number of ether oxygens (including phenoxy) is 2. The normalized spacial score (nSPS) is 13.3. The molecule has 0 aliphatic carbocycles. The van der Waals surface area contributed by atoms with Crippen molar-refractivity contribution in [2.24, 2.45) is 0 Å². The number of nitrogens with one attached hydrogen (secondary N) is 1. The van der Waals surface area contributed by atoms with E-state index in [2.05, 4.69) is 17.1 Å². The fourth-order valence-electron chi connectivity index (χ4n) is 4.01. The molecule has 0 atom stereocenters. The maximum atomic E-state index is 12.8. The SMILES string of the molecule is CCc1ccc(OCC(=O)Nc2ccc(N3CCN(C(=O)c4ccc(OC)cc4)CC3)cc2)cc1. The van der Waals surface area contributed by atoms with Crippen LogP contribution in [0.4, 0.5) is 11.4 Å². The van der Waals surface area contributed by atoms with E-state index in [1.165, 1.54) is 5.56 Å². The Kier molecular flexibility index (Phi) is 7.88. The van der Waals surface area contributed by atoms with E-state index in [1.54, 1.807) is 31.4 Å². The lowest BCUT2D eigenvalue weighted by molar-refractivity contribution is -0.118. The zero-order chi connectivity index (χ0) is 24.6. The topological polar surface area (TPSA) is 71.1 Å². The summed E-state index contributed by atoms with van der Waals surface area (Å²) in [6.07, 6.45) is 0.967. The number of aryl methyl sites for hydroxylation is 1. The molecule has 182 valence electrons. The number of hydrogen-bond acceptors (Lipinski definition) is 5. The van der Waals surface area contributed by atoms with E-state index < -0.39 is 0 Å². The Bertz CT molecular complexity index is 1120. The molecule has 0 spiro atoms. The average Bonchev–Trinajstić information content (AvgIpc) is 2.92. The molecule has 7 nitrogen and oxygen atoms in total. The number of hydrogen-bond donors (Lipinski definition) is 1. The number of amides is 2. The fraction of sp³-hybridized carbons (Fsp3) is 0.286. The van der Waals surface area contributed by atoms with E-state index >= 15 is 0 Å². The molecule has 0 unspecified atom stereocenters. The molecule has 1 aliphatic rings. The third-order valence-electron chi connectivity index (χ3n) is 6.12. The van der Waals surface area contributed by atoms with Gasteiger partial charge in [-0.15, -0.1) is 0 Å². The molecular formula is C28H31N3O4. The van der Waals surface area contributed by atoms with Gasteiger partial charge in [0.1, 0.15) is 11.5 Å². The number of anilines is 2. The lowest BCUT2D eigenvalue weighted by Gasteiger charge is -2.36. The summed E-state index contributed by atoms with van der Waals surface area (Å²) in [5, 5.41) is 2.87. The van der Waals surface area contributed by atoms with Crippen LogP contribution in [0.25, 0.3) is 0 Å². The van der Waals surface area contributed by atoms with Crippen molar-refractivity contribution in [1.82, 2.24) is 4.90 Å². The predicted octanol–water partition coefficient (Wildman–Crippen LogP) is 4.24. The number of piperazine rings is 1. The van der Waals surface area contributed by atoms with Gasteiger partial charge in [0.05, 0.1) is 7.11 Å². The smallest absolute Gasteiger partial charge is 0.262 e. The minimum absolute atomic E-state index is 0.0360. The van der Waals surface area contributed by atoms with Gasteiger partial charge in [0.25, 0.3) is 11.8 Å². The molecule has 1 heterocycles. The van der Waals surface area contributed by atoms with Crippen molar-refractivity contribution in [3.63, 3.8) is 0 Å². The second-order valence-corrected chi connectivity index (χ2v) is 8.39. The van der Waals surface area contributed by atoms with Gasteiger partial charge in [-0.05, 0) is 72.6 Å². The van der Waals surface area contributed by atoms with E-state index in [4.69, 9.17) is 9.47 Å². The first-order chi connectivity index (χ1) is 17.1. The largest absolute Gasteiger partial charge is 0.497 e. The first-order valence-electron chi connectivity index (χ1n) is 11.9. The minimum Gasteiger partial charge on any atom is -0.497 e. The fourth-order valence-corrected chi connectivity index (χ4v) is 4.01. The molecule has 4 rings (SSSR count). The molecule has 0 saturated carbocycles. The van der Waals surface area contributed by atoms with Crippen molar-refractivity contribution in [2.75, 3.05) is 50.1 Å². The van der Waals surface area contributed by atoms with Crippen LogP contribution in [-0.2, 0) is 11.2 Å². The zero-order valence-corrected chi connectivity index (χ0v) is 20.2. The monoisotopic (exact) mass is 473 g/mol. The molecular weight excluding hydrogens is 442 g/mol. The van der Waals surface area contributed by atoms with Gasteiger partial charge in [0, 0.05) is 43.1 Å². The number of methoxy groups -OCH3 is 1. The third-order valence-corrected chi connectivity index (χ3v) is 6.12. The number of nitrogens with zero attached hydrogens (tertiary/aromatic N) is 2. The Morgan fingerprint density at radius 2 is 1.46 bits per heavy atom. The summed E-state index contributed by atoms with van der Waals surface area (Å²) in [6.45, 7) is 4.85. The van der Waals surface area contributed by atoms with Gasteiger partial charge < -0.3 is 24.6 Å². The van der Waals surface area contributed by atoms with E-state index in [0.29, 0.717) is 24.4 Å². The van der Waals surface area contributed by atoms with E-state index in [1.807, 2.05) is 53.4 Å². The Labute approximate surface area is 206 Å². The average molecular weight is 474 g/mol. The molecule has 0 radical (unpaired) electrons. The predicted molar refractivity (Wildman–Crippen MR) is 137 cm³/mol. The summed E-state index contributed by atoms with van der Waals surface area (Å²) in [4.78, 5) is 29.2. The van der Waals surface area contributed by atoms with Crippen LogP contribution in [0.2, 0.25) is 0 Å². The Morgan fingerprint density at radius 1 is 0.829 bits per heavy atom. The summed E-state index contributed by atoms with van der Waals surface area (Å²) < 4.78 is 10.7. The quantitative estimate of drug-likeness (QED) is 0.530. The minimum atomic E-state index is -0.206. The van der Waals surface area contributed by atoms with Crippen molar-refractivity contribution in [3.05, 3.63) is 83.9 Å². The van der Waals surface area contributed by atoms with Crippen LogP contribution in [0.1, 0.15) is 22.8 Å². The molecule has 1 N–H and O–H groups in total. The van der Waals surface area contributed by atoms with Crippen molar-refractivity contribution in [3.8, 4) is 11.5 Å². The Balaban J connectivity index is 1.24. The van der Waals surface area contributed by atoms with Crippen molar-refractivity contribution < 1.29 is 19.1 Å². The molecule has 7 heteroatoms. The van der Waals surface area contributed by atoms with E-state index in [0.717, 1.165) is 36.6 Å². The van der Waals surface area contributed by atoms with E-state index in [-0.39, 0.29) is 18.4 Å². The van der Waals surface area contributed by atoms with Gasteiger partial charge in [0.15, 0.2) is 6.61 Å². The number of carbonyl (C=O) groups is 2. The second-order valence-electron chi connectivity index (χ2n) is 8.39. The summed E-state index contributed by atoms with van der Waals surface area (Å²) in [5.41, 5.74) is 3.68. The molecule has 35 heavy (non-hydrogen) atoms. The van der Waals surface area contributed by atoms with Crippen LogP contribution in [-0.4, -0.2) is 56.6 Å². The number of rotatable bonds is 8. The Hall–Kier alpha value is -4.00.